The van der Waals surface area contributed by atoms with Crippen LogP contribution >= 0.6 is 0 Å². The predicted molar refractivity (Wildman–Crippen MR) is 179 cm³/mol. The summed E-state index contributed by atoms with van der Waals surface area (Å²) < 4.78 is 0. The molecular formula is C38H60N2O2. The summed E-state index contributed by atoms with van der Waals surface area (Å²) in [6, 6.07) is 4.64. The monoisotopic (exact) mass is 576 g/mol. The van der Waals surface area contributed by atoms with Crippen LogP contribution in [0.5, 0.6) is 11.5 Å². The van der Waals surface area contributed by atoms with Gasteiger partial charge >= 0.3 is 0 Å². The van der Waals surface area contributed by atoms with Gasteiger partial charge in [0.15, 0.2) is 0 Å². The Hall–Kier alpha value is -2.04. The molecule has 0 atom stereocenters. The number of unbranched alkanes of at least 4 members (excludes halogenated alkanes) is 4. The normalized spacial score (nSPS) is 14.9. The third-order valence-electron chi connectivity index (χ3n) is 9.75. The topological polar surface area (TPSA) is 46.9 Å². The highest BCUT2D eigenvalue weighted by Crippen LogP contribution is 2.49. The second kappa shape index (κ2) is 16.7. The van der Waals surface area contributed by atoms with Gasteiger partial charge in [-0.2, -0.15) is 0 Å². The van der Waals surface area contributed by atoms with Crippen molar-refractivity contribution in [3.05, 3.63) is 45.5 Å². The molecule has 0 fully saturated rings. The van der Waals surface area contributed by atoms with Gasteiger partial charge < -0.3 is 10.2 Å². The van der Waals surface area contributed by atoms with Crippen molar-refractivity contribution in [2.24, 2.45) is 0 Å². The molecule has 0 unspecified atom stereocenters. The lowest BCUT2D eigenvalue weighted by Crippen LogP contribution is -2.26. The molecule has 0 heterocycles. The van der Waals surface area contributed by atoms with Gasteiger partial charge in [-0.25, -0.2) is 0 Å². The van der Waals surface area contributed by atoms with E-state index in [1.54, 1.807) is 0 Å². The number of phenols is 2. The molecule has 0 spiro atoms. The highest BCUT2D eigenvalue weighted by atomic mass is 16.3. The van der Waals surface area contributed by atoms with Crippen LogP contribution in [0.3, 0.4) is 0 Å². The van der Waals surface area contributed by atoms with E-state index in [1.807, 2.05) is 0 Å². The molecule has 4 rings (SSSR count). The van der Waals surface area contributed by atoms with Crippen LogP contribution in [0.15, 0.2) is 12.1 Å². The zero-order chi connectivity index (χ0) is 29.9. The van der Waals surface area contributed by atoms with Crippen LogP contribution in [0.1, 0.15) is 138 Å². The summed E-state index contributed by atoms with van der Waals surface area (Å²) in [5.74, 6) is 0.866. The minimum atomic E-state index is 0.433. The number of aryl methyl sites for hydroxylation is 2. The fourth-order valence-electron chi connectivity index (χ4n) is 7.24. The van der Waals surface area contributed by atoms with Gasteiger partial charge in [-0.15, -0.1) is 0 Å². The smallest absolute Gasteiger partial charge is 0.128 e. The maximum atomic E-state index is 12.2. The van der Waals surface area contributed by atoms with E-state index in [1.165, 1.54) is 86.5 Å². The molecule has 2 aliphatic rings. The number of phenolic OH excluding ortho intramolecular Hbond substituents is 2. The summed E-state index contributed by atoms with van der Waals surface area (Å²) in [6.07, 6.45) is 18.3. The molecule has 0 bridgehead atoms. The summed E-state index contributed by atoms with van der Waals surface area (Å²) in [5.41, 5.74) is 9.45. The van der Waals surface area contributed by atoms with Gasteiger partial charge in [0, 0.05) is 35.3 Å². The molecule has 4 nitrogen and oxygen atoms in total. The molecule has 0 aliphatic heterocycles. The van der Waals surface area contributed by atoms with E-state index in [0.29, 0.717) is 11.5 Å². The largest absolute Gasteiger partial charge is 0.507 e. The highest BCUT2D eigenvalue weighted by Gasteiger charge is 2.29. The summed E-state index contributed by atoms with van der Waals surface area (Å²) in [5, 5.41) is 24.4. The van der Waals surface area contributed by atoms with Crippen LogP contribution < -0.4 is 0 Å². The molecule has 0 aromatic heterocycles. The average molecular weight is 577 g/mol. The Balaban J connectivity index is 1.84. The first kappa shape index (κ1) is 32.9. The number of aromatic hydroxyl groups is 2. The van der Waals surface area contributed by atoms with Crippen molar-refractivity contribution < 1.29 is 10.2 Å². The fraction of sp³-hybridized carbons (Fsp3) is 0.684. The zero-order valence-electron chi connectivity index (χ0n) is 27.5. The lowest BCUT2D eigenvalue weighted by Gasteiger charge is -2.30. The summed E-state index contributed by atoms with van der Waals surface area (Å²) in [7, 11) is 0. The third kappa shape index (κ3) is 8.11. The average Bonchev–Trinajstić information content (AvgIpc) is 3.01. The van der Waals surface area contributed by atoms with E-state index in [9.17, 15) is 10.2 Å². The fourth-order valence-corrected chi connectivity index (χ4v) is 7.24. The molecule has 2 aliphatic carbocycles. The van der Waals surface area contributed by atoms with Gasteiger partial charge in [-0.05, 0) is 125 Å². The standard InChI is InChI=1S/C38H60N2O2/c1-5-9-21-39(22-10-6-2)27-31-25-29-17-13-15-19-33(29)35(37(31)41)36-34-20-16-14-18-30(34)26-32(38(36)42)28-40(23-11-7-3)24-12-8-4/h25-26,41-42H,5-24,27-28H2,1-4H3. The minimum absolute atomic E-state index is 0.433. The van der Waals surface area contributed by atoms with E-state index in [4.69, 9.17) is 0 Å². The van der Waals surface area contributed by atoms with Crippen molar-refractivity contribution in [2.75, 3.05) is 26.2 Å². The molecule has 42 heavy (non-hydrogen) atoms. The highest BCUT2D eigenvalue weighted by molar-refractivity contribution is 5.85. The molecule has 2 N–H and O–H groups in total. The lowest BCUT2D eigenvalue weighted by molar-refractivity contribution is 0.253. The third-order valence-corrected chi connectivity index (χ3v) is 9.75. The molecule has 2 aromatic carbocycles. The number of hydrogen-bond donors (Lipinski definition) is 2. The Morgan fingerprint density at radius 1 is 0.524 bits per heavy atom. The SMILES string of the molecule is CCCCN(CCCC)Cc1cc2c(c(-c3c(O)c(CN(CCCC)CCCC)cc4c3CCCC4)c1O)CCCC2. The van der Waals surface area contributed by atoms with Crippen molar-refractivity contribution in [2.45, 2.75) is 144 Å². The summed E-state index contributed by atoms with van der Waals surface area (Å²) in [4.78, 5) is 5.10. The van der Waals surface area contributed by atoms with Crippen LogP contribution in [0, 0.1) is 0 Å². The Labute approximate surface area is 257 Å². The number of benzene rings is 2. The van der Waals surface area contributed by atoms with Crippen molar-refractivity contribution in [1.82, 2.24) is 9.80 Å². The number of nitrogens with zero attached hydrogens (tertiary/aromatic N) is 2. The van der Waals surface area contributed by atoms with Gasteiger partial charge in [0.2, 0.25) is 0 Å². The van der Waals surface area contributed by atoms with Gasteiger partial charge in [-0.1, -0.05) is 65.5 Å². The maximum absolute atomic E-state index is 12.2. The molecular weight excluding hydrogens is 516 g/mol. The molecule has 0 radical (unpaired) electrons. The summed E-state index contributed by atoms with van der Waals surface area (Å²) in [6.45, 7) is 14.9. The second-order valence-corrected chi connectivity index (χ2v) is 13.2. The van der Waals surface area contributed by atoms with Gasteiger partial charge in [0.25, 0.3) is 0 Å². The Morgan fingerprint density at radius 3 is 1.19 bits per heavy atom. The first-order valence-electron chi connectivity index (χ1n) is 17.7. The van der Waals surface area contributed by atoms with E-state index in [-0.39, 0.29) is 0 Å². The first-order chi connectivity index (χ1) is 20.5. The van der Waals surface area contributed by atoms with Crippen LogP contribution in [-0.2, 0) is 38.8 Å². The second-order valence-electron chi connectivity index (χ2n) is 13.2. The molecule has 0 saturated heterocycles. The van der Waals surface area contributed by atoms with Crippen LogP contribution in [0.2, 0.25) is 0 Å². The van der Waals surface area contributed by atoms with Crippen molar-refractivity contribution in [3.8, 4) is 22.6 Å². The Morgan fingerprint density at radius 2 is 0.857 bits per heavy atom. The van der Waals surface area contributed by atoms with Crippen LogP contribution in [0.25, 0.3) is 11.1 Å². The maximum Gasteiger partial charge on any atom is 0.128 e. The van der Waals surface area contributed by atoms with Gasteiger partial charge in [0.05, 0.1) is 0 Å². The predicted octanol–water partition coefficient (Wildman–Crippen LogP) is 9.33. The Kier molecular flexibility index (Phi) is 13.1. The summed E-state index contributed by atoms with van der Waals surface area (Å²) >= 11 is 0. The van der Waals surface area contributed by atoms with Crippen LogP contribution in [-0.4, -0.2) is 46.2 Å². The van der Waals surface area contributed by atoms with Gasteiger partial charge in [-0.3, -0.25) is 9.80 Å². The zero-order valence-corrected chi connectivity index (χ0v) is 27.5. The van der Waals surface area contributed by atoms with E-state index in [2.05, 4.69) is 49.6 Å². The Bertz CT molecular complexity index is 1040. The van der Waals surface area contributed by atoms with E-state index >= 15 is 0 Å². The molecule has 0 saturated carbocycles. The lowest BCUT2D eigenvalue weighted by atomic mass is 9.78. The quantitative estimate of drug-likeness (QED) is 0.197. The number of hydrogen-bond acceptors (Lipinski definition) is 4. The van der Waals surface area contributed by atoms with E-state index < -0.39 is 0 Å². The number of fused-ring (bicyclic) bond motifs is 2. The molecule has 2 aromatic rings. The minimum Gasteiger partial charge on any atom is -0.507 e. The molecule has 234 valence electrons. The first-order valence-corrected chi connectivity index (χ1v) is 17.7. The van der Waals surface area contributed by atoms with Crippen molar-refractivity contribution in [1.29, 1.82) is 0 Å². The number of rotatable bonds is 17. The van der Waals surface area contributed by atoms with Crippen molar-refractivity contribution >= 4 is 0 Å². The van der Waals surface area contributed by atoms with Crippen molar-refractivity contribution in [3.63, 3.8) is 0 Å². The van der Waals surface area contributed by atoms with Crippen LogP contribution in [0.4, 0.5) is 0 Å². The molecule has 0 amide bonds. The molecule has 4 heteroatoms. The van der Waals surface area contributed by atoms with E-state index in [0.717, 1.165) is 100 Å². The van der Waals surface area contributed by atoms with Gasteiger partial charge in [0.1, 0.15) is 11.5 Å².